The smallest absolute Gasteiger partial charge is 0.257 e. The van der Waals surface area contributed by atoms with Gasteiger partial charge in [-0.1, -0.05) is 11.2 Å². The van der Waals surface area contributed by atoms with Gasteiger partial charge in [0.2, 0.25) is 0 Å². The standard InChI is InChI=1S/C19H24N2O4/c1-12-18(13(2)25-21-12)19(22)20-11-14-8-9-16(17(10-14)23-3)24-15-6-4-5-7-15/h8-10,15H,4-7,11H2,1-3H3,(H,20,22). The number of carbonyl (C=O) groups is 1. The number of hydrogen-bond acceptors (Lipinski definition) is 5. The van der Waals surface area contributed by atoms with Crippen LogP contribution in [0.2, 0.25) is 0 Å². The van der Waals surface area contributed by atoms with E-state index in [1.54, 1.807) is 21.0 Å². The van der Waals surface area contributed by atoms with Gasteiger partial charge in [-0.05, 0) is 57.2 Å². The van der Waals surface area contributed by atoms with Crippen LogP contribution in [0.25, 0.3) is 0 Å². The monoisotopic (exact) mass is 344 g/mol. The molecule has 2 aromatic rings. The van der Waals surface area contributed by atoms with Crippen LogP contribution in [0.5, 0.6) is 11.5 Å². The van der Waals surface area contributed by atoms with Gasteiger partial charge in [-0.15, -0.1) is 0 Å². The fourth-order valence-corrected chi connectivity index (χ4v) is 3.18. The molecule has 1 aliphatic rings. The summed E-state index contributed by atoms with van der Waals surface area (Å²) >= 11 is 0. The molecule has 0 spiro atoms. The average molecular weight is 344 g/mol. The maximum absolute atomic E-state index is 12.3. The van der Waals surface area contributed by atoms with E-state index in [1.165, 1.54) is 12.8 Å². The van der Waals surface area contributed by atoms with Gasteiger partial charge < -0.3 is 19.3 Å². The Kier molecular flexibility index (Phi) is 5.26. The maximum atomic E-state index is 12.3. The van der Waals surface area contributed by atoms with Crippen molar-refractivity contribution in [1.29, 1.82) is 0 Å². The number of nitrogens with zero attached hydrogens (tertiary/aromatic N) is 1. The molecule has 0 saturated heterocycles. The summed E-state index contributed by atoms with van der Waals surface area (Å²) in [5.74, 6) is 1.78. The summed E-state index contributed by atoms with van der Waals surface area (Å²) in [4.78, 5) is 12.3. The van der Waals surface area contributed by atoms with E-state index in [4.69, 9.17) is 14.0 Å². The first-order chi connectivity index (χ1) is 12.1. The van der Waals surface area contributed by atoms with Crippen molar-refractivity contribution >= 4 is 5.91 Å². The molecule has 3 rings (SSSR count). The lowest BCUT2D eigenvalue weighted by atomic mass is 10.1. The SMILES string of the molecule is COc1cc(CNC(=O)c2c(C)noc2C)ccc1OC1CCCC1. The second-order valence-electron chi connectivity index (χ2n) is 6.39. The van der Waals surface area contributed by atoms with Crippen molar-refractivity contribution in [2.45, 2.75) is 52.2 Å². The number of aryl methyl sites for hydroxylation is 2. The summed E-state index contributed by atoms with van der Waals surface area (Å²) in [6.07, 6.45) is 4.91. The number of amides is 1. The van der Waals surface area contributed by atoms with Crippen molar-refractivity contribution in [3.63, 3.8) is 0 Å². The van der Waals surface area contributed by atoms with Crippen LogP contribution in [0.3, 0.4) is 0 Å². The number of hydrogen-bond donors (Lipinski definition) is 1. The van der Waals surface area contributed by atoms with Gasteiger partial charge in [-0.2, -0.15) is 0 Å². The van der Waals surface area contributed by atoms with E-state index in [0.29, 0.717) is 29.3 Å². The predicted octanol–water partition coefficient (Wildman–Crippen LogP) is 3.55. The Morgan fingerprint density at radius 2 is 2.04 bits per heavy atom. The molecule has 25 heavy (non-hydrogen) atoms. The number of rotatable bonds is 6. The predicted molar refractivity (Wildman–Crippen MR) is 93.0 cm³/mol. The van der Waals surface area contributed by atoms with Crippen molar-refractivity contribution in [2.24, 2.45) is 0 Å². The number of benzene rings is 1. The third-order valence-corrected chi connectivity index (χ3v) is 4.54. The van der Waals surface area contributed by atoms with E-state index in [2.05, 4.69) is 10.5 Å². The summed E-state index contributed by atoms with van der Waals surface area (Å²) in [5, 5.41) is 6.70. The van der Waals surface area contributed by atoms with Crippen molar-refractivity contribution < 1.29 is 18.8 Å². The van der Waals surface area contributed by atoms with Crippen LogP contribution >= 0.6 is 0 Å². The highest BCUT2D eigenvalue weighted by Crippen LogP contribution is 2.32. The van der Waals surface area contributed by atoms with Crippen LogP contribution in [0.4, 0.5) is 0 Å². The normalized spacial score (nSPS) is 14.5. The molecule has 1 amide bonds. The Labute approximate surface area is 147 Å². The number of methoxy groups -OCH3 is 1. The van der Waals surface area contributed by atoms with Crippen molar-refractivity contribution in [3.05, 3.63) is 40.8 Å². The van der Waals surface area contributed by atoms with Crippen LogP contribution in [0, 0.1) is 13.8 Å². The highest BCUT2D eigenvalue weighted by atomic mass is 16.5. The molecule has 1 aromatic carbocycles. The highest BCUT2D eigenvalue weighted by Gasteiger charge is 2.19. The fraction of sp³-hybridized carbons (Fsp3) is 0.474. The van der Waals surface area contributed by atoms with E-state index in [0.717, 1.165) is 24.2 Å². The largest absolute Gasteiger partial charge is 0.493 e. The lowest BCUT2D eigenvalue weighted by molar-refractivity contribution is 0.0949. The zero-order valence-corrected chi connectivity index (χ0v) is 14.9. The Balaban J connectivity index is 1.65. The molecule has 0 aliphatic heterocycles. The van der Waals surface area contributed by atoms with Gasteiger partial charge in [-0.25, -0.2) is 0 Å². The van der Waals surface area contributed by atoms with Crippen LogP contribution in [0.1, 0.15) is 53.1 Å². The molecule has 0 radical (unpaired) electrons. The summed E-state index contributed by atoms with van der Waals surface area (Å²) < 4.78 is 16.5. The van der Waals surface area contributed by atoms with E-state index in [9.17, 15) is 4.79 Å². The van der Waals surface area contributed by atoms with Crippen molar-refractivity contribution in [3.8, 4) is 11.5 Å². The summed E-state index contributed by atoms with van der Waals surface area (Å²) in [6.45, 7) is 3.87. The quantitative estimate of drug-likeness (QED) is 0.867. The summed E-state index contributed by atoms with van der Waals surface area (Å²) in [6, 6.07) is 5.76. The maximum Gasteiger partial charge on any atom is 0.257 e. The molecule has 1 saturated carbocycles. The summed E-state index contributed by atoms with van der Waals surface area (Å²) in [7, 11) is 1.63. The minimum Gasteiger partial charge on any atom is -0.493 e. The summed E-state index contributed by atoms with van der Waals surface area (Å²) in [5.41, 5.74) is 2.02. The first-order valence-corrected chi connectivity index (χ1v) is 8.63. The van der Waals surface area contributed by atoms with E-state index in [-0.39, 0.29) is 12.0 Å². The molecule has 134 valence electrons. The molecule has 6 heteroatoms. The molecule has 0 bridgehead atoms. The third kappa shape index (κ3) is 3.95. The van der Waals surface area contributed by atoms with Crippen LogP contribution in [-0.4, -0.2) is 24.3 Å². The van der Waals surface area contributed by atoms with Crippen LogP contribution < -0.4 is 14.8 Å². The molecule has 0 unspecified atom stereocenters. The lowest BCUT2D eigenvalue weighted by Gasteiger charge is -2.16. The minimum atomic E-state index is -0.193. The van der Waals surface area contributed by atoms with Gasteiger partial charge in [-0.3, -0.25) is 4.79 Å². The number of ether oxygens (including phenoxy) is 2. The van der Waals surface area contributed by atoms with Crippen LogP contribution in [-0.2, 0) is 6.54 Å². The van der Waals surface area contributed by atoms with Gasteiger partial charge >= 0.3 is 0 Å². The molecule has 1 fully saturated rings. The second-order valence-corrected chi connectivity index (χ2v) is 6.39. The van der Waals surface area contributed by atoms with Gasteiger partial charge in [0.05, 0.1) is 18.9 Å². The second kappa shape index (κ2) is 7.59. The zero-order chi connectivity index (χ0) is 17.8. The van der Waals surface area contributed by atoms with Crippen molar-refractivity contribution in [1.82, 2.24) is 10.5 Å². The van der Waals surface area contributed by atoms with E-state index < -0.39 is 0 Å². The molecule has 1 N–H and O–H groups in total. The molecular formula is C19H24N2O4. The van der Waals surface area contributed by atoms with E-state index in [1.807, 2.05) is 18.2 Å². The molecule has 1 aromatic heterocycles. The molecule has 1 aliphatic carbocycles. The van der Waals surface area contributed by atoms with Gasteiger partial charge in [0, 0.05) is 6.54 Å². The Bertz CT molecular complexity index is 728. The van der Waals surface area contributed by atoms with Gasteiger partial charge in [0.15, 0.2) is 11.5 Å². The van der Waals surface area contributed by atoms with Crippen molar-refractivity contribution in [2.75, 3.05) is 7.11 Å². The fourth-order valence-electron chi connectivity index (χ4n) is 3.18. The number of nitrogens with one attached hydrogen (secondary N) is 1. The Morgan fingerprint density at radius 3 is 2.68 bits per heavy atom. The zero-order valence-electron chi connectivity index (χ0n) is 14.9. The van der Waals surface area contributed by atoms with E-state index >= 15 is 0 Å². The molecular weight excluding hydrogens is 320 g/mol. The molecule has 0 atom stereocenters. The molecule has 1 heterocycles. The minimum absolute atomic E-state index is 0.193. The number of aromatic nitrogens is 1. The molecule has 6 nitrogen and oxygen atoms in total. The highest BCUT2D eigenvalue weighted by molar-refractivity contribution is 5.96. The Hall–Kier alpha value is -2.50. The number of carbonyl (C=O) groups excluding carboxylic acids is 1. The van der Waals surface area contributed by atoms with Gasteiger partial charge in [0.25, 0.3) is 5.91 Å². The topological polar surface area (TPSA) is 73.6 Å². The van der Waals surface area contributed by atoms with Gasteiger partial charge in [0.1, 0.15) is 11.3 Å². The third-order valence-electron chi connectivity index (χ3n) is 4.54. The first-order valence-electron chi connectivity index (χ1n) is 8.63. The van der Waals surface area contributed by atoms with Crippen LogP contribution in [0.15, 0.2) is 22.7 Å². The Morgan fingerprint density at radius 1 is 1.28 bits per heavy atom. The first kappa shape index (κ1) is 17.3. The average Bonchev–Trinajstić information content (AvgIpc) is 3.23. The lowest BCUT2D eigenvalue weighted by Crippen LogP contribution is -2.23.